The number of rotatable bonds is 8. The molecule has 11 heteroatoms. The maximum atomic E-state index is 12.7. The number of nitrogens with two attached hydrogens (primary N) is 1. The van der Waals surface area contributed by atoms with Crippen LogP contribution in [0.2, 0.25) is 0 Å². The summed E-state index contributed by atoms with van der Waals surface area (Å²) in [6.45, 7) is 8.93. The van der Waals surface area contributed by atoms with Crippen molar-refractivity contribution >= 4 is 27.8 Å². The van der Waals surface area contributed by atoms with Crippen LogP contribution in [-0.2, 0) is 13.1 Å². The van der Waals surface area contributed by atoms with Crippen LogP contribution in [0.25, 0.3) is 4.96 Å². The summed E-state index contributed by atoms with van der Waals surface area (Å²) in [5, 5.41) is 4.89. The van der Waals surface area contributed by atoms with Gasteiger partial charge in [-0.3, -0.25) is 19.1 Å². The largest absolute Gasteiger partial charge is 0.383 e. The van der Waals surface area contributed by atoms with Crippen molar-refractivity contribution in [3.05, 3.63) is 48.0 Å². The number of hydrogen-bond acceptors (Lipinski definition) is 8. The number of aromatic amines is 1. The molecule has 0 saturated heterocycles. The van der Waals surface area contributed by atoms with Gasteiger partial charge in [0, 0.05) is 19.2 Å². The predicted molar refractivity (Wildman–Crippen MR) is 118 cm³/mol. The zero-order valence-electron chi connectivity index (χ0n) is 17.6. The minimum atomic E-state index is -0.542. The normalized spacial score (nSPS) is 11.5. The highest BCUT2D eigenvalue weighted by Crippen LogP contribution is 2.20. The van der Waals surface area contributed by atoms with Crippen molar-refractivity contribution in [2.24, 2.45) is 5.92 Å². The van der Waals surface area contributed by atoms with Crippen molar-refractivity contribution < 1.29 is 0 Å². The highest BCUT2D eigenvalue weighted by Gasteiger charge is 2.20. The van der Waals surface area contributed by atoms with Crippen molar-refractivity contribution in [3.8, 4) is 0 Å². The molecule has 0 amide bonds. The SMILES string of the molecule is CCCCN(Cc1cc(=O)n2nc(C)sc2n1)c1c(N)n(CC(C)C)c(=O)[nH]c1=O. The fraction of sp³-hybridized carbons (Fsp3) is 0.526. The Kier molecular flexibility index (Phi) is 6.40. The van der Waals surface area contributed by atoms with Crippen LogP contribution >= 0.6 is 11.3 Å². The van der Waals surface area contributed by atoms with Crippen LogP contribution in [0.5, 0.6) is 0 Å². The van der Waals surface area contributed by atoms with Gasteiger partial charge in [0.15, 0.2) is 0 Å². The summed E-state index contributed by atoms with van der Waals surface area (Å²) < 4.78 is 2.66. The second-order valence-electron chi connectivity index (χ2n) is 7.67. The van der Waals surface area contributed by atoms with E-state index < -0.39 is 11.2 Å². The molecule has 0 radical (unpaired) electrons. The Morgan fingerprint density at radius 2 is 2.03 bits per heavy atom. The van der Waals surface area contributed by atoms with Crippen LogP contribution < -0.4 is 27.4 Å². The fourth-order valence-corrected chi connectivity index (χ4v) is 4.04. The van der Waals surface area contributed by atoms with Gasteiger partial charge in [0.2, 0.25) is 4.96 Å². The predicted octanol–water partition coefficient (Wildman–Crippen LogP) is 1.35. The van der Waals surface area contributed by atoms with Crippen LogP contribution in [-0.4, -0.2) is 30.7 Å². The first kappa shape index (κ1) is 21.8. The minimum absolute atomic E-state index is 0.125. The molecule has 162 valence electrons. The van der Waals surface area contributed by atoms with E-state index in [1.54, 1.807) is 4.90 Å². The molecule has 0 bridgehead atoms. The number of nitrogens with zero attached hydrogens (tertiary/aromatic N) is 5. The van der Waals surface area contributed by atoms with Gasteiger partial charge in [-0.25, -0.2) is 9.78 Å². The van der Waals surface area contributed by atoms with Gasteiger partial charge in [-0.1, -0.05) is 38.5 Å². The van der Waals surface area contributed by atoms with E-state index in [-0.39, 0.29) is 29.5 Å². The number of H-pyrrole nitrogens is 1. The molecule has 3 aromatic heterocycles. The maximum Gasteiger partial charge on any atom is 0.330 e. The molecule has 0 saturated carbocycles. The van der Waals surface area contributed by atoms with E-state index in [0.29, 0.717) is 23.7 Å². The molecule has 0 spiro atoms. The number of nitrogens with one attached hydrogen (secondary N) is 1. The Hall–Kier alpha value is -2.95. The lowest BCUT2D eigenvalue weighted by Crippen LogP contribution is -2.39. The first-order chi connectivity index (χ1) is 14.2. The Bertz CT molecular complexity index is 1220. The summed E-state index contributed by atoms with van der Waals surface area (Å²) in [4.78, 5) is 46.6. The zero-order valence-corrected chi connectivity index (χ0v) is 18.5. The van der Waals surface area contributed by atoms with E-state index >= 15 is 0 Å². The lowest BCUT2D eigenvalue weighted by atomic mass is 10.2. The van der Waals surface area contributed by atoms with E-state index in [1.807, 2.05) is 27.7 Å². The molecule has 3 N–H and O–H groups in total. The molecular weight excluding hydrogens is 406 g/mol. The van der Waals surface area contributed by atoms with Crippen molar-refractivity contribution in [3.63, 3.8) is 0 Å². The number of fused-ring (bicyclic) bond motifs is 1. The topological polar surface area (TPSA) is 131 Å². The van der Waals surface area contributed by atoms with Crippen LogP contribution in [0.15, 0.2) is 20.4 Å². The van der Waals surface area contributed by atoms with Crippen LogP contribution in [0.1, 0.15) is 44.3 Å². The summed E-state index contributed by atoms with van der Waals surface area (Å²) in [7, 11) is 0. The summed E-state index contributed by atoms with van der Waals surface area (Å²) in [6.07, 6.45) is 1.71. The van der Waals surface area contributed by atoms with Gasteiger partial charge in [0.1, 0.15) is 16.5 Å². The molecule has 0 fully saturated rings. The lowest BCUT2D eigenvalue weighted by molar-refractivity contribution is 0.506. The van der Waals surface area contributed by atoms with E-state index in [4.69, 9.17) is 5.73 Å². The molecule has 0 atom stereocenters. The lowest BCUT2D eigenvalue weighted by Gasteiger charge is -2.26. The van der Waals surface area contributed by atoms with Crippen LogP contribution in [0, 0.1) is 12.8 Å². The third-order valence-electron chi connectivity index (χ3n) is 4.61. The summed E-state index contributed by atoms with van der Waals surface area (Å²) in [6, 6.07) is 1.42. The van der Waals surface area contributed by atoms with Gasteiger partial charge in [-0.15, -0.1) is 0 Å². The van der Waals surface area contributed by atoms with Crippen LogP contribution in [0.4, 0.5) is 11.5 Å². The number of aromatic nitrogens is 5. The molecule has 0 aliphatic rings. The average Bonchev–Trinajstić information content (AvgIpc) is 3.03. The quantitative estimate of drug-likeness (QED) is 0.548. The van der Waals surface area contributed by atoms with Gasteiger partial charge in [-0.2, -0.15) is 9.61 Å². The van der Waals surface area contributed by atoms with Crippen LogP contribution in [0.3, 0.4) is 0 Å². The van der Waals surface area contributed by atoms with E-state index in [9.17, 15) is 14.4 Å². The monoisotopic (exact) mass is 433 g/mol. The molecule has 30 heavy (non-hydrogen) atoms. The van der Waals surface area contributed by atoms with Gasteiger partial charge < -0.3 is 10.6 Å². The van der Waals surface area contributed by atoms with Gasteiger partial charge in [0.25, 0.3) is 11.1 Å². The first-order valence-corrected chi connectivity index (χ1v) is 10.8. The van der Waals surface area contributed by atoms with Gasteiger partial charge in [0.05, 0.1) is 12.2 Å². The molecular formula is C19H27N7O3S. The second kappa shape index (κ2) is 8.82. The Morgan fingerprint density at radius 3 is 2.70 bits per heavy atom. The molecule has 0 aliphatic heterocycles. The number of hydrogen-bond donors (Lipinski definition) is 2. The number of aryl methyl sites for hydroxylation is 1. The average molecular weight is 434 g/mol. The van der Waals surface area contributed by atoms with Crippen molar-refractivity contribution in [1.82, 2.24) is 24.1 Å². The first-order valence-electron chi connectivity index (χ1n) is 9.95. The Morgan fingerprint density at radius 1 is 1.30 bits per heavy atom. The summed E-state index contributed by atoms with van der Waals surface area (Å²) in [5.41, 5.74) is 5.69. The fourth-order valence-electron chi connectivity index (χ4n) is 3.28. The number of anilines is 2. The molecule has 0 aliphatic carbocycles. The van der Waals surface area contributed by atoms with Crippen molar-refractivity contribution in [2.45, 2.75) is 53.6 Å². The highest BCUT2D eigenvalue weighted by atomic mass is 32.1. The van der Waals surface area contributed by atoms with E-state index in [0.717, 1.165) is 17.8 Å². The minimum Gasteiger partial charge on any atom is -0.383 e. The van der Waals surface area contributed by atoms with Gasteiger partial charge in [-0.05, 0) is 19.3 Å². The zero-order chi connectivity index (χ0) is 22.0. The Labute approximate surface area is 177 Å². The molecule has 10 nitrogen and oxygen atoms in total. The molecule has 3 heterocycles. The third-order valence-corrected chi connectivity index (χ3v) is 5.44. The molecule has 3 aromatic rings. The molecule has 0 aromatic carbocycles. The third kappa shape index (κ3) is 4.45. The smallest absolute Gasteiger partial charge is 0.330 e. The maximum absolute atomic E-state index is 12.7. The highest BCUT2D eigenvalue weighted by molar-refractivity contribution is 7.16. The Balaban J connectivity index is 2.08. The van der Waals surface area contributed by atoms with E-state index in [1.165, 1.54) is 26.5 Å². The summed E-state index contributed by atoms with van der Waals surface area (Å²) >= 11 is 1.32. The second-order valence-corrected chi connectivity index (χ2v) is 8.83. The van der Waals surface area contributed by atoms with E-state index in [2.05, 4.69) is 15.1 Å². The molecule has 3 rings (SSSR count). The number of nitrogen functional groups attached to an aromatic ring is 1. The molecule has 0 unspecified atom stereocenters. The van der Waals surface area contributed by atoms with Crippen molar-refractivity contribution in [1.29, 1.82) is 0 Å². The van der Waals surface area contributed by atoms with Gasteiger partial charge >= 0.3 is 5.69 Å². The summed E-state index contributed by atoms with van der Waals surface area (Å²) in [5.74, 6) is 0.298. The number of unbranched alkanes of at least 4 members (excludes halogenated alkanes) is 1. The standard InChI is InChI=1S/C19H27N7O3S/c1-5-6-7-24(10-13-8-14(27)26-19(21-13)30-12(4)23-26)15-16(20)25(9-11(2)3)18(29)22-17(15)28/h8,11H,5-7,9-10,20H2,1-4H3,(H,22,28,29). The van der Waals surface area contributed by atoms with Crippen molar-refractivity contribution in [2.75, 3.05) is 17.2 Å².